The van der Waals surface area contributed by atoms with Gasteiger partial charge in [-0.05, 0) is 0 Å². The van der Waals surface area contributed by atoms with E-state index in [1.54, 1.807) is 6.92 Å². The minimum absolute atomic E-state index is 0.0288. The van der Waals surface area contributed by atoms with Crippen LogP contribution in [0.3, 0.4) is 0 Å². The van der Waals surface area contributed by atoms with Gasteiger partial charge < -0.3 is 4.90 Å². The second-order valence-electron chi connectivity index (χ2n) is 3.97. The number of hydrogen-bond donors (Lipinski definition) is 1. The highest BCUT2D eigenvalue weighted by Crippen LogP contribution is 2.21. The molecule has 1 fully saturated rings. The van der Waals surface area contributed by atoms with Gasteiger partial charge in [0.05, 0.1) is 0 Å². The number of hydrogen-bond acceptors (Lipinski definition) is 5. The van der Waals surface area contributed by atoms with Crippen LogP contribution in [0.5, 0.6) is 0 Å². The number of nitrogens with one attached hydrogen (secondary N) is 1. The first kappa shape index (κ1) is 16.6. The summed E-state index contributed by atoms with van der Waals surface area (Å²) >= 11 is 6.89. The summed E-state index contributed by atoms with van der Waals surface area (Å²) in [5.74, 6) is 0.592. The Hall–Kier alpha value is -0.470. The summed E-state index contributed by atoms with van der Waals surface area (Å²) in [5.41, 5.74) is 0. The molecule has 6 nitrogen and oxygen atoms in total. The van der Waals surface area contributed by atoms with Crippen molar-refractivity contribution in [2.45, 2.75) is 18.7 Å². The van der Waals surface area contributed by atoms with Crippen LogP contribution in [0, 0.1) is 0 Å². The fraction of sp³-hybridized carbons (Fsp3) is 0.800. The third-order valence-corrected chi connectivity index (χ3v) is 6.21. The Morgan fingerprint density at radius 3 is 2.74 bits per heavy atom. The molecule has 1 N–H and O–H groups in total. The van der Waals surface area contributed by atoms with Gasteiger partial charge in [0.25, 0.3) is 0 Å². The Morgan fingerprint density at radius 2 is 2.16 bits per heavy atom. The van der Waals surface area contributed by atoms with Gasteiger partial charge in [0.2, 0.25) is 5.91 Å². The summed E-state index contributed by atoms with van der Waals surface area (Å²) < 4.78 is 23.9. The van der Waals surface area contributed by atoms with Crippen molar-refractivity contribution in [2.24, 2.45) is 0 Å². The SMILES string of the molecule is CCS(=O)(=O)C1CSCCN1C(=O)NC(=O)CCCl. The van der Waals surface area contributed by atoms with Crippen LogP contribution >= 0.6 is 23.4 Å². The number of alkyl halides is 1. The molecule has 1 heterocycles. The lowest BCUT2D eigenvalue weighted by Gasteiger charge is -2.34. The molecule has 3 amide bonds. The summed E-state index contributed by atoms with van der Waals surface area (Å²) in [4.78, 5) is 24.5. The van der Waals surface area contributed by atoms with Crippen molar-refractivity contribution in [3.05, 3.63) is 0 Å². The topological polar surface area (TPSA) is 83.6 Å². The second kappa shape index (κ2) is 7.35. The molecule has 0 aliphatic carbocycles. The maximum atomic E-state index is 11.9. The Morgan fingerprint density at radius 1 is 1.47 bits per heavy atom. The van der Waals surface area contributed by atoms with Crippen molar-refractivity contribution in [2.75, 3.05) is 29.7 Å². The highest BCUT2D eigenvalue weighted by molar-refractivity contribution is 8.01. The van der Waals surface area contributed by atoms with Crippen molar-refractivity contribution < 1.29 is 18.0 Å². The van der Waals surface area contributed by atoms with E-state index >= 15 is 0 Å². The molecule has 0 radical (unpaired) electrons. The molecule has 9 heteroatoms. The standard InChI is InChI=1S/C10H17ClN2O4S2/c1-2-19(16,17)9-7-18-6-5-13(9)10(15)12-8(14)3-4-11/h9H,2-7H2,1H3,(H,12,14,15). The monoisotopic (exact) mass is 328 g/mol. The van der Waals surface area contributed by atoms with Crippen LogP contribution in [0.2, 0.25) is 0 Å². The Labute approximate surface area is 122 Å². The zero-order valence-electron chi connectivity index (χ0n) is 10.6. The van der Waals surface area contributed by atoms with E-state index in [1.165, 1.54) is 16.7 Å². The van der Waals surface area contributed by atoms with Crippen molar-refractivity contribution in [1.29, 1.82) is 0 Å². The van der Waals surface area contributed by atoms with Gasteiger partial charge in [0, 0.05) is 36.1 Å². The summed E-state index contributed by atoms with van der Waals surface area (Å²) in [7, 11) is -3.36. The van der Waals surface area contributed by atoms with Gasteiger partial charge in [-0.3, -0.25) is 10.1 Å². The highest BCUT2D eigenvalue weighted by Gasteiger charge is 2.36. The molecular formula is C10H17ClN2O4S2. The van der Waals surface area contributed by atoms with E-state index in [2.05, 4.69) is 5.32 Å². The molecule has 0 aromatic rings. The summed E-state index contributed by atoms with van der Waals surface area (Å²) in [5, 5.41) is 1.31. The smallest absolute Gasteiger partial charge is 0.306 e. The first-order valence-electron chi connectivity index (χ1n) is 5.88. The molecule has 1 aliphatic rings. The Balaban J connectivity index is 2.77. The normalized spacial score (nSPS) is 20.1. The molecule has 0 spiro atoms. The number of nitrogens with zero attached hydrogens (tertiary/aromatic N) is 1. The molecular weight excluding hydrogens is 312 g/mol. The van der Waals surface area contributed by atoms with Crippen molar-refractivity contribution in [3.63, 3.8) is 0 Å². The van der Waals surface area contributed by atoms with E-state index < -0.39 is 27.1 Å². The molecule has 0 bridgehead atoms. The Bertz CT molecular complexity index is 441. The molecule has 1 saturated heterocycles. The van der Waals surface area contributed by atoms with Crippen molar-refractivity contribution in [3.8, 4) is 0 Å². The molecule has 1 unspecified atom stereocenters. The highest BCUT2D eigenvalue weighted by atomic mass is 35.5. The van der Waals surface area contributed by atoms with Crippen LogP contribution in [0.1, 0.15) is 13.3 Å². The maximum Gasteiger partial charge on any atom is 0.325 e. The van der Waals surface area contributed by atoms with E-state index in [4.69, 9.17) is 11.6 Å². The number of sulfone groups is 1. The third-order valence-electron chi connectivity index (χ3n) is 2.73. The number of urea groups is 1. The van der Waals surface area contributed by atoms with Gasteiger partial charge in [0.15, 0.2) is 9.84 Å². The molecule has 1 atom stereocenters. The van der Waals surface area contributed by atoms with Crippen LogP contribution in [0.4, 0.5) is 4.79 Å². The lowest BCUT2D eigenvalue weighted by Crippen LogP contribution is -2.55. The van der Waals surface area contributed by atoms with Crippen molar-refractivity contribution in [1.82, 2.24) is 10.2 Å². The number of thioether (sulfide) groups is 1. The van der Waals surface area contributed by atoms with Crippen LogP contribution < -0.4 is 5.32 Å². The predicted octanol–water partition coefficient (Wildman–Crippen LogP) is 0.661. The van der Waals surface area contributed by atoms with Gasteiger partial charge in [0.1, 0.15) is 5.37 Å². The first-order chi connectivity index (χ1) is 8.92. The number of imide groups is 1. The molecule has 19 heavy (non-hydrogen) atoms. The average Bonchev–Trinajstić information content (AvgIpc) is 2.39. The predicted molar refractivity (Wildman–Crippen MR) is 76.2 cm³/mol. The van der Waals surface area contributed by atoms with E-state index in [1.807, 2.05) is 0 Å². The molecule has 1 rings (SSSR count). The van der Waals surface area contributed by atoms with E-state index in [0.29, 0.717) is 18.1 Å². The summed E-state index contributed by atoms with van der Waals surface area (Å²) in [6, 6.07) is -0.655. The van der Waals surface area contributed by atoms with Gasteiger partial charge in [-0.25, -0.2) is 13.2 Å². The van der Waals surface area contributed by atoms with Crippen LogP contribution in [-0.4, -0.2) is 60.3 Å². The third kappa shape index (κ3) is 4.54. The zero-order chi connectivity index (χ0) is 14.5. The average molecular weight is 329 g/mol. The van der Waals surface area contributed by atoms with Crippen LogP contribution in [-0.2, 0) is 14.6 Å². The van der Waals surface area contributed by atoms with Gasteiger partial charge in [-0.2, -0.15) is 11.8 Å². The lowest BCUT2D eigenvalue weighted by atomic mass is 10.4. The largest absolute Gasteiger partial charge is 0.325 e. The van der Waals surface area contributed by atoms with Crippen molar-refractivity contribution >= 4 is 45.1 Å². The molecule has 1 aliphatic heterocycles. The minimum Gasteiger partial charge on any atom is -0.306 e. The molecule has 0 aromatic carbocycles. The number of halogens is 1. The fourth-order valence-corrected chi connectivity index (χ4v) is 4.78. The fourth-order valence-electron chi connectivity index (χ4n) is 1.64. The number of carbonyl (C=O) groups is 2. The summed E-state index contributed by atoms with van der Waals surface area (Å²) in [6.45, 7) is 1.86. The molecule has 0 saturated carbocycles. The van der Waals surface area contributed by atoms with Crippen LogP contribution in [0.15, 0.2) is 0 Å². The van der Waals surface area contributed by atoms with Gasteiger partial charge in [-0.1, -0.05) is 6.92 Å². The number of rotatable bonds is 4. The molecule has 0 aromatic heterocycles. The lowest BCUT2D eigenvalue weighted by molar-refractivity contribution is -0.119. The van der Waals surface area contributed by atoms with E-state index in [0.717, 1.165) is 0 Å². The maximum absolute atomic E-state index is 11.9. The molecule has 110 valence electrons. The van der Waals surface area contributed by atoms with E-state index in [-0.39, 0.29) is 18.1 Å². The summed E-state index contributed by atoms with van der Waals surface area (Å²) in [6.07, 6.45) is 0.0288. The second-order valence-corrected chi connectivity index (χ2v) is 7.94. The van der Waals surface area contributed by atoms with E-state index in [9.17, 15) is 18.0 Å². The quantitative estimate of drug-likeness (QED) is 0.766. The minimum atomic E-state index is -3.36. The van der Waals surface area contributed by atoms with Gasteiger partial charge >= 0.3 is 6.03 Å². The Kier molecular flexibility index (Phi) is 6.41. The first-order valence-corrected chi connectivity index (χ1v) is 9.28. The number of carbonyl (C=O) groups excluding carboxylic acids is 2. The zero-order valence-corrected chi connectivity index (χ0v) is 13.0. The van der Waals surface area contributed by atoms with Crippen LogP contribution in [0.25, 0.3) is 0 Å². The number of amides is 3. The van der Waals surface area contributed by atoms with Gasteiger partial charge in [-0.15, -0.1) is 11.6 Å².